The predicted molar refractivity (Wildman–Crippen MR) is 78.3 cm³/mol. The van der Waals surface area contributed by atoms with Crippen LogP contribution < -0.4 is 10.6 Å². The summed E-state index contributed by atoms with van der Waals surface area (Å²) in [5, 5.41) is 5.93. The molecule has 0 saturated carbocycles. The molecule has 0 aliphatic heterocycles. The molecule has 2 N–H and O–H groups in total. The first kappa shape index (κ1) is 13.7. The Bertz CT molecular complexity index is 589. The van der Waals surface area contributed by atoms with E-state index in [4.69, 9.17) is 0 Å². The van der Waals surface area contributed by atoms with Crippen LogP contribution in [0.2, 0.25) is 0 Å². The molecule has 0 fully saturated rings. The van der Waals surface area contributed by atoms with Gasteiger partial charge in [-0.2, -0.15) is 4.98 Å². The highest BCUT2D eigenvalue weighted by atomic mass is 79.9. The molecule has 0 aliphatic rings. The molecule has 0 radical (unpaired) electrons. The van der Waals surface area contributed by atoms with Gasteiger partial charge in [0, 0.05) is 16.7 Å². The SMILES string of the molecule is CCNc1ncc(F)c(Nc2cc(Br)ccc2C)n1. The van der Waals surface area contributed by atoms with Gasteiger partial charge >= 0.3 is 0 Å². The lowest BCUT2D eigenvalue weighted by molar-refractivity contribution is 0.619. The number of hydrogen-bond acceptors (Lipinski definition) is 4. The Morgan fingerprint density at radius 1 is 1.37 bits per heavy atom. The molecule has 2 aromatic rings. The monoisotopic (exact) mass is 324 g/mol. The van der Waals surface area contributed by atoms with E-state index in [1.54, 1.807) is 0 Å². The Morgan fingerprint density at radius 2 is 2.16 bits per heavy atom. The van der Waals surface area contributed by atoms with Crippen molar-refractivity contribution in [3.05, 3.63) is 40.2 Å². The van der Waals surface area contributed by atoms with Gasteiger partial charge < -0.3 is 10.6 Å². The number of aryl methyl sites for hydroxylation is 1. The second-order valence-corrected chi connectivity index (χ2v) is 4.92. The summed E-state index contributed by atoms with van der Waals surface area (Å²) in [6.45, 7) is 4.55. The molecular formula is C13H14BrFN4. The van der Waals surface area contributed by atoms with Crippen LogP contribution in [-0.4, -0.2) is 16.5 Å². The molecular weight excluding hydrogens is 311 g/mol. The molecule has 0 aliphatic carbocycles. The zero-order valence-electron chi connectivity index (χ0n) is 10.7. The minimum absolute atomic E-state index is 0.159. The average Bonchev–Trinajstić information content (AvgIpc) is 2.38. The number of rotatable bonds is 4. The van der Waals surface area contributed by atoms with Gasteiger partial charge in [-0.05, 0) is 31.5 Å². The highest BCUT2D eigenvalue weighted by molar-refractivity contribution is 9.10. The van der Waals surface area contributed by atoms with Crippen LogP contribution in [-0.2, 0) is 0 Å². The number of nitrogens with zero attached hydrogens (tertiary/aromatic N) is 2. The summed E-state index contributed by atoms with van der Waals surface area (Å²) in [4.78, 5) is 7.97. The van der Waals surface area contributed by atoms with Gasteiger partial charge in [-0.1, -0.05) is 22.0 Å². The fourth-order valence-corrected chi connectivity index (χ4v) is 1.92. The normalized spacial score (nSPS) is 10.3. The van der Waals surface area contributed by atoms with E-state index >= 15 is 0 Å². The van der Waals surface area contributed by atoms with Gasteiger partial charge in [-0.15, -0.1) is 0 Å². The van der Waals surface area contributed by atoms with E-state index in [2.05, 4.69) is 36.5 Å². The fraction of sp³-hybridized carbons (Fsp3) is 0.231. The van der Waals surface area contributed by atoms with Gasteiger partial charge in [0.05, 0.1) is 6.20 Å². The van der Waals surface area contributed by atoms with E-state index in [-0.39, 0.29) is 5.82 Å². The van der Waals surface area contributed by atoms with Crippen molar-refractivity contribution in [1.29, 1.82) is 0 Å². The summed E-state index contributed by atoms with van der Waals surface area (Å²) in [5.41, 5.74) is 1.81. The van der Waals surface area contributed by atoms with Crippen LogP contribution in [0, 0.1) is 12.7 Å². The molecule has 1 aromatic carbocycles. The molecule has 0 saturated heterocycles. The van der Waals surface area contributed by atoms with Crippen LogP contribution in [0.25, 0.3) is 0 Å². The Hall–Kier alpha value is -1.69. The molecule has 1 heterocycles. The van der Waals surface area contributed by atoms with Crippen LogP contribution >= 0.6 is 15.9 Å². The molecule has 4 nitrogen and oxygen atoms in total. The largest absolute Gasteiger partial charge is 0.354 e. The van der Waals surface area contributed by atoms with E-state index in [1.165, 1.54) is 0 Å². The first-order valence-electron chi connectivity index (χ1n) is 5.89. The van der Waals surface area contributed by atoms with Crippen molar-refractivity contribution in [2.45, 2.75) is 13.8 Å². The predicted octanol–water partition coefficient (Wildman–Crippen LogP) is 3.86. The van der Waals surface area contributed by atoms with Crippen LogP contribution in [0.4, 0.5) is 21.8 Å². The quantitative estimate of drug-likeness (QED) is 0.896. The Kier molecular flexibility index (Phi) is 4.31. The first-order valence-corrected chi connectivity index (χ1v) is 6.69. The summed E-state index contributed by atoms with van der Waals surface area (Å²) in [7, 11) is 0. The molecule has 0 unspecified atom stereocenters. The molecule has 1 aromatic heterocycles. The van der Waals surface area contributed by atoms with E-state index < -0.39 is 5.82 Å². The lowest BCUT2D eigenvalue weighted by Crippen LogP contribution is -2.06. The second-order valence-electron chi connectivity index (χ2n) is 4.00. The lowest BCUT2D eigenvalue weighted by Gasteiger charge is -2.11. The van der Waals surface area contributed by atoms with Crippen molar-refractivity contribution in [1.82, 2.24) is 9.97 Å². The third kappa shape index (κ3) is 3.41. The van der Waals surface area contributed by atoms with Crippen molar-refractivity contribution in [2.75, 3.05) is 17.2 Å². The first-order chi connectivity index (χ1) is 9.10. The zero-order chi connectivity index (χ0) is 13.8. The van der Waals surface area contributed by atoms with Crippen LogP contribution in [0.1, 0.15) is 12.5 Å². The Labute approximate surface area is 119 Å². The smallest absolute Gasteiger partial charge is 0.224 e. The second kappa shape index (κ2) is 5.97. The molecule has 2 rings (SSSR count). The summed E-state index contributed by atoms with van der Waals surface area (Å²) < 4.78 is 14.6. The zero-order valence-corrected chi connectivity index (χ0v) is 12.3. The Morgan fingerprint density at radius 3 is 2.89 bits per heavy atom. The molecule has 0 amide bonds. The number of benzene rings is 1. The van der Waals surface area contributed by atoms with Gasteiger partial charge in [0.25, 0.3) is 0 Å². The maximum Gasteiger partial charge on any atom is 0.224 e. The molecule has 0 atom stereocenters. The number of hydrogen-bond donors (Lipinski definition) is 2. The lowest BCUT2D eigenvalue weighted by atomic mass is 10.2. The van der Waals surface area contributed by atoms with Crippen LogP contribution in [0.3, 0.4) is 0 Å². The maximum atomic E-state index is 13.7. The number of nitrogens with one attached hydrogen (secondary N) is 2. The number of halogens is 2. The van der Waals surface area contributed by atoms with E-state index in [9.17, 15) is 4.39 Å². The molecule has 100 valence electrons. The van der Waals surface area contributed by atoms with E-state index in [1.807, 2.05) is 32.0 Å². The van der Waals surface area contributed by atoms with Crippen molar-refractivity contribution in [3.8, 4) is 0 Å². The molecule has 0 bridgehead atoms. The standard InChI is InChI=1S/C13H14BrFN4/c1-3-16-13-17-7-10(15)12(19-13)18-11-6-9(14)5-4-8(11)2/h4-7H,3H2,1-2H3,(H2,16,17,18,19). The molecule has 0 spiro atoms. The minimum Gasteiger partial charge on any atom is -0.354 e. The number of aromatic nitrogens is 2. The van der Waals surface area contributed by atoms with Gasteiger partial charge in [-0.25, -0.2) is 9.37 Å². The van der Waals surface area contributed by atoms with Crippen LogP contribution in [0.15, 0.2) is 28.9 Å². The van der Waals surface area contributed by atoms with Gasteiger partial charge in [0.2, 0.25) is 5.95 Å². The van der Waals surface area contributed by atoms with Crippen molar-refractivity contribution in [2.24, 2.45) is 0 Å². The third-order valence-electron chi connectivity index (χ3n) is 2.53. The highest BCUT2D eigenvalue weighted by Crippen LogP contribution is 2.25. The summed E-state index contributed by atoms with van der Waals surface area (Å²) in [6.07, 6.45) is 1.15. The van der Waals surface area contributed by atoms with Crippen LogP contribution in [0.5, 0.6) is 0 Å². The van der Waals surface area contributed by atoms with Gasteiger partial charge in [-0.3, -0.25) is 0 Å². The van der Waals surface area contributed by atoms with E-state index in [0.29, 0.717) is 12.5 Å². The summed E-state index contributed by atoms with van der Waals surface area (Å²) >= 11 is 3.39. The fourth-order valence-electron chi connectivity index (χ4n) is 1.55. The highest BCUT2D eigenvalue weighted by Gasteiger charge is 2.08. The van der Waals surface area contributed by atoms with Crippen molar-refractivity contribution in [3.63, 3.8) is 0 Å². The van der Waals surface area contributed by atoms with Crippen molar-refractivity contribution >= 4 is 33.4 Å². The van der Waals surface area contributed by atoms with Gasteiger partial charge in [0.1, 0.15) is 0 Å². The number of anilines is 3. The third-order valence-corrected chi connectivity index (χ3v) is 3.02. The topological polar surface area (TPSA) is 49.8 Å². The Balaban J connectivity index is 2.31. The maximum absolute atomic E-state index is 13.7. The average molecular weight is 325 g/mol. The summed E-state index contributed by atoms with van der Waals surface area (Å²) in [6, 6.07) is 5.75. The van der Waals surface area contributed by atoms with Gasteiger partial charge in [0.15, 0.2) is 11.6 Å². The van der Waals surface area contributed by atoms with Crippen molar-refractivity contribution < 1.29 is 4.39 Å². The molecule has 19 heavy (non-hydrogen) atoms. The molecule has 6 heteroatoms. The summed E-state index contributed by atoms with van der Waals surface area (Å²) in [5.74, 6) is 0.0761. The minimum atomic E-state index is -0.485. The van der Waals surface area contributed by atoms with E-state index in [0.717, 1.165) is 21.9 Å².